The number of ether oxygens (including phenoxy) is 2. The number of imidazole rings is 1. The van der Waals surface area contributed by atoms with Gasteiger partial charge in [0.05, 0.1) is 20.0 Å². The molecule has 0 unspecified atom stereocenters. The molecule has 2 aromatic carbocycles. The van der Waals surface area contributed by atoms with E-state index in [0.717, 1.165) is 18.5 Å². The van der Waals surface area contributed by atoms with Crippen LogP contribution in [-0.2, 0) is 0 Å². The van der Waals surface area contributed by atoms with E-state index < -0.39 is 0 Å². The van der Waals surface area contributed by atoms with Crippen molar-refractivity contribution in [3.05, 3.63) is 66.0 Å². The van der Waals surface area contributed by atoms with Crippen molar-refractivity contribution in [2.24, 2.45) is 0 Å². The minimum Gasteiger partial charge on any atom is -0.493 e. The van der Waals surface area contributed by atoms with Crippen LogP contribution in [-0.4, -0.2) is 47.8 Å². The molecule has 0 fully saturated rings. The van der Waals surface area contributed by atoms with Gasteiger partial charge in [0.15, 0.2) is 22.4 Å². The fraction of sp³-hybridized carbons (Fsp3) is 0.292. The van der Waals surface area contributed by atoms with Gasteiger partial charge in [-0.15, -0.1) is 0 Å². The molecule has 7 nitrogen and oxygen atoms in total. The second kappa shape index (κ2) is 11.4. The second-order valence-corrected chi connectivity index (χ2v) is 7.96. The number of Topliss-reactive ketones (excluding diaryl/α,β-unsaturated/α-hetero) is 1. The highest BCUT2D eigenvalue weighted by Crippen LogP contribution is 2.29. The number of unbranched alkanes of at least 4 members (excludes halogenated alkanes) is 1. The summed E-state index contributed by atoms with van der Waals surface area (Å²) in [5.41, 5.74) is 1.94. The number of nitrogens with one attached hydrogen (secondary N) is 1. The Labute approximate surface area is 192 Å². The molecular weight excluding hydrogens is 426 g/mol. The fourth-order valence-electron chi connectivity index (χ4n) is 3.09. The Morgan fingerprint density at radius 2 is 1.88 bits per heavy atom. The third-order valence-corrected chi connectivity index (χ3v) is 5.81. The van der Waals surface area contributed by atoms with E-state index in [2.05, 4.69) is 17.2 Å². The van der Waals surface area contributed by atoms with Crippen LogP contribution in [0.3, 0.4) is 0 Å². The molecule has 0 saturated heterocycles. The van der Waals surface area contributed by atoms with Gasteiger partial charge in [0, 0.05) is 35.8 Å². The number of nitrogens with zero attached hydrogens (tertiary/aromatic N) is 2. The van der Waals surface area contributed by atoms with Gasteiger partial charge >= 0.3 is 0 Å². The lowest BCUT2D eigenvalue weighted by Gasteiger charge is -2.11. The molecule has 168 valence electrons. The highest BCUT2D eigenvalue weighted by atomic mass is 32.2. The zero-order valence-corrected chi connectivity index (χ0v) is 19.3. The van der Waals surface area contributed by atoms with Crippen LogP contribution in [0.4, 0.5) is 0 Å². The highest BCUT2D eigenvalue weighted by Gasteiger charge is 2.14. The zero-order valence-electron chi connectivity index (χ0n) is 18.5. The fourth-order valence-corrected chi connectivity index (χ4v) is 3.96. The topological polar surface area (TPSA) is 82.5 Å². The number of benzene rings is 2. The minimum absolute atomic E-state index is 0.0467. The third-order valence-electron chi connectivity index (χ3n) is 4.85. The van der Waals surface area contributed by atoms with E-state index in [4.69, 9.17) is 9.47 Å². The van der Waals surface area contributed by atoms with Gasteiger partial charge < -0.3 is 14.8 Å². The van der Waals surface area contributed by atoms with Crippen LogP contribution in [0.25, 0.3) is 5.69 Å². The lowest BCUT2D eigenvalue weighted by Crippen LogP contribution is -2.24. The van der Waals surface area contributed by atoms with E-state index in [0.29, 0.717) is 34.3 Å². The van der Waals surface area contributed by atoms with Crippen LogP contribution >= 0.6 is 11.8 Å². The molecular formula is C24H27N3O4S. The summed E-state index contributed by atoms with van der Waals surface area (Å²) in [5.74, 6) is 1.15. The van der Waals surface area contributed by atoms with Crippen molar-refractivity contribution >= 4 is 23.5 Å². The monoisotopic (exact) mass is 453 g/mol. The summed E-state index contributed by atoms with van der Waals surface area (Å²) >= 11 is 1.34. The van der Waals surface area contributed by atoms with Crippen molar-refractivity contribution in [1.82, 2.24) is 14.9 Å². The molecule has 0 atom stereocenters. The SMILES string of the molecule is CCCCNC(=O)c1cccc(-n2ccnc2SCC(=O)c2ccc(OC)c(OC)c2)c1. The summed E-state index contributed by atoms with van der Waals surface area (Å²) in [7, 11) is 3.09. The molecule has 32 heavy (non-hydrogen) atoms. The number of carbonyl (C=O) groups is 2. The Kier molecular flexibility index (Phi) is 8.33. The smallest absolute Gasteiger partial charge is 0.251 e. The molecule has 3 rings (SSSR count). The minimum atomic E-state index is -0.0988. The molecule has 0 saturated carbocycles. The second-order valence-electron chi connectivity index (χ2n) is 7.02. The summed E-state index contributed by atoms with van der Waals surface area (Å²) in [5, 5.41) is 3.60. The average molecular weight is 454 g/mol. The van der Waals surface area contributed by atoms with Crippen molar-refractivity contribution in [1.29, 1.82) is 0 Å². The first-order chi connectivity index (χ1) is 15.6. The zero-order chi connectivity index (χ0) is 22.9. The molecule has 1 aromatic heterocycles. The van der Waals surface area contributed by atoms with Crippen LogP contribution in [0.5, 0.6) is 11.5 Å². The predicted molar refractivity (Wildman–Crippen MR) is 125 cm³/mol. The number of amides is 1. The van der Waals surface area contributed by atoms with Gasteiger partial charge in [-0.2, -0.15) is 0 Å². The molecule has 1 N–H and O–H groups in total. The Bertz CT molecular complexity index is 1080. The van der Waals surface area contributed by atoms with Gasteiger partial charge in [0.25, 0.3) is 5.91 Å². The van der Waals surface area contributed by atoms with Gasteiger partial charge in [-0.25, -0.2) is 4.98 Å². The van der Waals surface area contributed by atoms with E-state index in [1.807, 2.05) is 29.0 Å². The number of ketones is 1. The van der Waals surface area contributed by atoms with Crippen molar-refractivity contribution in [2.45, 2.75) is 24.9 Å². The maximum Gasteiger partial charge on any atom is 0.251 e. The van der Waals surface area contributed by atoms with Crippen molar-refractivity contribution in [3.8, 4) is 17.2 Å². The molecule has 3 aromatic rings. The number of hydrogen-bond donors (Lipinski definition) is 1. The van der Waals surface area contributed by atoms with Crippen LogP contribution in [0.2, 0.25) is 0 Å². The Hall–Kier alpha value is -3.26. The summed E-state index contributed by atoms with van der Waals surface area (Å²) in [6.45, 7) is 2.74. The maximum atomic E-state index is 12.7. The number of aromatic nitrogens is 2. The number of rotatable bonds is 11. The molecule has 0 radical (unpaired) electrons. The van der Waals surface area contributed by atoms with Gasteiger partial charge in [0.2, 0.25) is 0 Å². The molecule has 0 aliphatic carbocycles. The quantitative estimate of drug-likeness (QED) is 0.263. The van der Waals surface area contributed by atoms with E-state index in [-0.39, 0.29) is 17.4 Å². The van der Waals surface area contributed by atoms with Crippen molar-refractivity contribution in [2.75, 3.05) is 26.5 Å². The molecule has 0 aliphatic rings. The van der Waals surface area contributed by atoms with Crippen LogP contribution < -0.4 is 14.8 Å². The van der Waals surface area contributed by atoms with Gasteiger partial charge in [0.1, 0.15) is 0 Å². The van der Waals surface area contributed by atoms with Gasteiger partial charge in [-0.1, -0.05) is 31.2 Å². The summed E-state index contributed by atoms with van der Waals surface area (Å²) < 4.78 is 12.4. The van der Waals surface area contributed by atoms with Gasteiger partial charge in [-0.3, -0.25) is 14.2 Å². The molecule has 0 aliphatic heterocycles. The van der Waals surface area contributed by atoms with Crippen LogP contribution in [0, 0.1) is 0 Å². The van der Waals surface area contributed by atoms with E-state index >= 15 is 0 Å². The largest absolute Gasteiger partial charge is 0.493 e. The van der Waals surface area contributed by atoms with E-state index in [1.165, 1.54) is 18.9 Å². The number of carbonyl (C=O) groups excluding carboxylic acids is 2. The molecule has 8 heteroatoms. The highest BCUT2D eigenvalue weighted by molar-refractivity contribution is 7.99. The maximum absolute atomic E-state index is 12.7. The lowest BCUT2D eigenvalue weighted by atomic mass is 10.1. The Morgan fingerprint density at radius 3 is 2.62 bits per heavy atom. The summed E-state index contributed by atoms with van der Waals surface area (Å²) in [6, 6.07) is 12.5. The van der Waals surface area contributed by atoms with Crippen molar-refractivity contribution < 1.29 is 19.1 Å². The number of thioether (sulfide) groups is 1. The number of methoxy groups -OCH3 is 2. The lowest BCUT2D eigenvalue weighted by molar-refractivity contribution is 0.0952. The Morgan fingerprint density at radius 1 is 1.06 bits per heavy atom. The normalized spacial score (nSPS) is 10.6. The average Bonchev–Trinajstić information content (AvgIpc) is 3.31. The first-order valence-electron chi connectivity index (χ1n) is 10.4. The number of hydrogen-bond acceptors (Lipinski definition) is 6. The predicted octanol–water partition coefficient (Wildman–Crippen LogP) is 4.39. The van der Waals surface area contributed by atoms with Crippen molar-refractivity contribution in [3.63, 3.8) is 0 Å². The van der Waals surface area contributed by atoms with Crippen LogP contribution in [0.1, 0.15) is 40.5 Å². The Balaban J connectivity index is 1.70. The van der Waals surface area contributed by atoms with Gasteiger partial charge in [-0.05, 0) is 42.8 Å². The molecule has 0 spiro atoms. The molecule has 1 heterocycles. The standard InChI is InChI=1S/C24H27N3O4S/c1-4-5-11-25-23(29)18-7-6-8-19(14-18)27-13-12-26-24(27)32-16-20(28)17-9-10-21(30-2)22(15-17)31-3/h6-10,12-15H,4-5,11,16H2,1-3H3,(H,25,29). The first kappa shape index (κ1) is 23.4. The summed E-state index contributed by atoms with van der Waals surface area (Å²) in [6.07, 6.45) is 5.47. The van der Waals surface area contributed by atoms with E-state index in [1.54, 1.807) is 37.6 Å². The first-order valence-corrected chi connectivity index (χ1v) is 11.4. The van der Waals surface area contributed by atoms with E-state index in [9.17, 15) is 9.59 Å². The third kappa shape index (κ3) is 5.70. The van der Waals surface area contributed by atoms with Crippen LogP contribution in [0.15, 0.2) is 60.0 Å². The summed E-state index contributed by atoms with van der Waals surface area (Å²) in [4.78, 5) is 29.5. The molecule has 0 bridgehead atoms. The molecule has 1 amide bonds.